The smallest absolute Gasteiger partial charge is 0.266 e. The molecule has 21 heavy (non-hydrogen) atoms. The van der Waals surface area contributed by atoms with E-state index in [0.717, 1.165) is 0 Å². The van der Waals surface area contributed by atoms with Crippen LogP contribution in [0.15, 0.2) is 36.5 Å². The number of nitrogens with two attached hydrogens (primary N) is 1. The first-order valence-corrected chi connectivity index (χ1v) is 6.85. The number of amides is 1. The number of rotatable bonds is 4. The van der Waals surface area contributed by atoms with Crippen molar-refractivity contribution in [3.05, 3.63) is 46.6 Å². The predicted molar refractivity (Wildman–Crippen MR) is 83.8 cm³/mol. The van der Waals surface area contributed by atoms with Gasteiger partial charge in [-0.05, 0) is 37.3 Å². The zero-order valence-electron chi connectivity index (χ0n) is 11.1. The maximum atomic E-state index is 12.0. The van der Waals surface area contributed by atoms with Crippen LogP contribution in [-0.4, -0.2) is 17.0 Å². The molecule has 1 aromatic carbocycles. The molecule has 1 heterocycles. The van der Waals surface area contributed by atoms with E-state index in [0.29, 0.717) is 27.3 Å². The van der Waals surface area contributed by atoms with Crippen molar-refractivity contribution in [3.8, 4) is 5.75 Å². The van der Waals surface area contributed by atoms with Gasteiger partial charge in [0.1, 0.15) is 11.6 Å². The van der Waals surface area contributed by atoms with E-state index in [-0.39, 0.29) is 5.91 Å². The summed E-state index contributed by atoms with van der Waals surface area (Å²) in [6.07, 6.45) is 0.708. The van der Waals surface area contributed by atoms with Gasteiger partial charge in [-0.3, -0.25) is 4.79 Å². The minimum atomic E-state index is -0.747. The molecule has 7 heteroatoms. The lowest BCUT2D eigenvalue weighted by Crippen LogP contribution is -2.30. The molecule has 0 aliphatic carbocycles. The van der Waals surface area contributed by atoms with Gasteiger partial charge < -0.3 is 15.8 Å². The molecule has 1 unspecified atom stereocenters. The number of carbonyl (C=O) groups excluding carboxylic acids is 1. The molecule has 0 aliphatic rings. The summed E-state index contributed by atoms with van der Waals surface area (Å²) in [6.45, 7) is 1.61. The van der Waals surface area contributed by atoms with E-state index in [4.69, 9.17) is 33.7 Å². The largest absolute Gasteiger partial charge is 0.479 e. The van der Waals surface area contributed by atoms with E-state index < -0.39 is 6.10 Å². The summed E-state index contributed by atoms with van der Waals surface area (Å²) < 4.78 is 5.50. The molecule has 1 atom stereocenters. The summed E-state index contributed by atoms with van der Waals surface area (Å²) in [6, 6.07) is 8.04. The van der Waals surface area contributed by atoms with Crippen LogP contribution in [0, 0.1) is 0 Å². The Labute approximate surface area is 132 Å². The van der Waals surface area contributed by atoms with Crippen molar-refractivity contribution >= 4 is 40.6 Å². The highest BCUT2D eigenvalue weighted by molar-refractivity contribution is 6.35. The fraction of sp³-hybridized carbons (Fsp3) is 0.143. The summed E-state index contributed by atoms with van der Waals surface area (Å²) in [5.74, 6) is 0.430. The van der Waals surface area contributed by atoms with Crippen LogP contribution < -0.4 is 15.8 Å². The first-order valence-electron chi connectivity index (χ1n) is 6.10. The maximum absolute atomic E-state index is 12.0. The Hall–Kier alpha value is -1.98. The zero-order valence-corrected chi connectivity index (χ0v) is 12.7. The van der Waals surface area contributed by atoms with Crippen LogP contribution in [-0.2, 0) is 4.79 Å². The van der Waals surface area contributed by atoms with Gasteiger partial charge in [0.2, 0.25) is 0 Å². The molecule has 0 fully saturated rings. The summed E-state index contributed by atoms with van der Waals surface area (Å²) in [7, 11) is 0. The summed E-state index contributed by atoms with van der Waals surface area (Å²) >= 11 is 11.8. The fourth-order valence-electron chi connectivity index (χ4n) is 1.52. The molecule has 0 spiro atoms. The molecule has 2 rings (SSSR count). The molecule has 1 aromatic heterocycles. The summed E-state index contributed by atoms with van der Waals surface area (Å²) in [5, 5.41) is 3.46. The lowest BCUT2D eigenvalue weighted by atomic mass is 10.3. The van der Waals surface area contributed by atoms with Crippen molar-refractivity contribution in [2.75, 3.05) is 11.1 Å². The zero-order chi connectivity index (χ0) is 15.4. The Kier molecular flexibility index (Phi) is 4.88. The Balaban J connectivity index is 2.00. The second kappa shape index (κ2) is 6.65. The van der Waals surface area contributed by atoms with E-state index >= 15 is 0 Å². The first-order chi connectivity index (χ1) is 9.95. The maximum Gasteiger partial charge on any atom is 0.266 e. The number of benzene rings is 1. The molecule has 0 bridgehead atoms. The fourth-order valence-corrected chi connectivity index (χ4v) is 1.97. The Bertz CT molecular complexity index is 647. The minimum absolute atomic E-state index is 0.341. The van der Waals surface area contributed by atoms with Crippen LogP contribution in [0.25, 0.3) is 0 Å². The monoisotopic (exact) mass is 325 g/mol. The molecule has 0 radical (unpaired) electrons. The first kappa shape index (κ1) is 15.4. The molecule has 110 valence electrons. The molecule has 3 N–H and O–H groups in total. The average Bonchev–Trinajstić information content (AvgIpc) is 2.44. The van der Waals surface area contributed by atoms with E-state index in [2.05, 4.69) is 10.3 Å². The SMILES string of the molecule is CC(Oc1ccc(Cl)cc1Cl)C(=O)Nc1ccc(N)cn1. The van der Waals surface area contributed by atoms with Gasteiger partial charge in [0.25, 0.3) is 5.91 Å². The third kappa shape index (κ3) is 4.24. The van der Waals surface area contributed by atoms with Crippen LogP contribution in [0.4, 0.5) is 11.5 Å². The van der Waals surface area contributed by atoms with E-state index in [1.807, 2.05) is 0 Å². The minimum Gasteiger partial charge on any atom is -0.479 e. The second-order valence-electron chi connectivity index (χ2n) is 4.30. The van der Waals surface area contributed by atoms with Gasteiger partial charge in [-0.1, -0.05) is 23.2 Å². The quantitative estimate of drug-likeness (QED) is 0.903. The molecule has 2 aromatic rings. The van der Waals surface area contributed by atoms with Crippen molar-refractivity contribution in [1.82, 2.24) is 4.98 Å². The van der Waals surface area contributed by atoms with Gasteiger partial charge in [0.15, 0.2) is 6.10 Å². The number of aromatic nitrogens is 1. The molecular weight excluding hydrogens is 313 g/mol. The van der Waals surface area contributed by atoms with Crippen LogP contribution in [0.1, 0.15) is 6.92 Å². The Morgan fingerprint density at radius 3 is 2.71 bits per heavy atom. The van der Waals surface area contributed by atoms with Gasteiger partial charge in [-0.15, -0.1) is 0 Å². The molecule has 5 nitrogen and oxygen atoms in total. The van der Waals surface area contributed by atoms with Crippen molar-refractivity contribution in [1.29, 1.82) is 0 Å². The highest BCUT2D eigenvalue weighted by atomic mass is 35.5. The Morgan fingerprint density at radius 2 is 2.10 bits per heavy atom. The van der Waals surface area contributed by atoms with Crippen LogP contribution in [0.2, 0.25) is 10.0 Å². The van der Waals surface area contributed by atoms with Crippen molar-refractivity contribution in [3.63, 3.8) is 0 Å². The third-order valence-electron chi connectivity index (χ3n) is 2.60. The standard InChI is InChI=1S/C14H13Cl2N3O2/c1-8(21-12-4-2-9(15)6-11(12)16)14(20)19-13-5-3-10(17)7-18-13/h2-8H,17H2,1H3,(H,18,19,20). The van der Waals surface area contributed by atoms with E-state index in [9.17, 15) is 4.79 Å². The third-order valence-corrected chi connectivity index (χ3v) is 3.13. The number of hydrogen-bond donors (Lipinski definition) is 2. The van der Waals surface area contributed by atoms with Crippen LogP contribution in [0.5, 0.6) is 5.75 Å². The van der Waals surface area contributed by atoms with Gasteiger partial charge in [0.05, 0.1) is 16.9 Å². The second-order valence-corrected chi connectivity index (χ2v) is 5.14. The molecular formula is C14H13Cl2N3O2. The normalized spacial score (nSPS) is 11.8. The number of carbonyl (C=O) groups is 1. The molecule has 1 amide bonds. The number of halogens is 2. The predicted octanol–water partition coefficient (Wildman–Crippen LogP) is 3.38. The van der Waals surface area contributed by atoms with Gasteiger partial charge in [0, 0.05) is 5.02 Å². The van der Waals surface area contributed by atoms with Crippen molar-refractivity contribution < 1.29 is 9.53 Å². The topological polar surface area (TPSA) is 77.2 Å². The molecule has 0 saturated heterocycles. The van der Waals surface area contributed by atoms with Gasteiger partial charge >= 0.3 is 0 Å². The molecule has 0 saturated carbocycles. The summed E-state index contributed by atoms with van der Waals surface area (Å²) in [4.78, 5) is 16.0. The average molecular weight is 326 g/mol. The number of nitrogen functional groups attached to an aromatic ring is 1. The van der Waals surface area contributed by atoms with Gasteiger partial charge in [-0.2, -0.15) is 0 Å². The lowest BCUT2D eigenvalue weighted by Gasteiger charge is -2.15. The summed E-state index contributed by atoms with van der Waals surface area (Å²) in [5.41, 5.74) is 6.04. The Morgan fingerprint density at radius 1 is 1.33 bits per heavy atom. The highest BCUT2D eigenvalue weighted by Crippen LogP contribution is 2.28. The highest BCUT2D eigenvalue weighted by Gasteiger charge is 2.16. The van der Waals surface area contributed by atoms with E-state index in [1.54, 1.807) is 37.3 Å². The van der Waals surface area contributed by atoms with Crippen LogP contribution in [0.3, 0.4) is 0 Å². The number of pyridine rings is 1. The number of hydrogen-bond acceptors (Lipinski definition) is 4. The number of nitrogens with one attached hydrogen (secondary N) is 1. The van der Waals surface area contributed by atoms with Crippen molar-refractivity contribution in [2.45, 2.75) is 13.0 Å². The number of nitrogens with zero attached hydrogens (tertiary/aromatic N) is 1. The number of ether oxygens (including phenoxy) is 1. The van der Waals surface area contributed by atoms with E-state index in [1.165, 1.54) is 6.20 Å². The van der Waals surface area contributed by atoms with Crippen LogP contribution >= 0.6 is 23.2 Å². The lowest BCUT2D eigenvalue weighted by molar-refractivity contribution is -0.122. The number of anilines is 2. The molecule has 0 aliphatic heterocycles. The van der Waals surface area contributed by atoms with Gasteiger partial charge in [-0.25, -0.2) is 4.98 Å². The van der Waals surface area contributed by atoms with Crippen molar-refractivity contribution in [2.24, 2.45) is 0 Å².